The molecule has 0 bridgehead atoms. The largest absolute Gasteiger partial charge is 0.493 e. The Hall–Kier alpha value is -1.95. The Morgan fingerprint density at radius 2 is 2.13 bits per heavy atom. The standard InChI is InChI=1S/C16H20ClNO5/c1-16(2,3)23-15(21)18-12(14(19)20)8-10-7-11(17)6-9-4-5-22-13(9)10/h6-7,12H,4-5,8H2,1-3H3,(H,18,21)(H,19,20). The maximum Gasteiger partial charge on any atom is 0.408 e. The lowest BCUT2D eigenvalue weighted by Gasteiger charge is -2.22. The molecule has 2 N–H and O–H groups in total. The number of fused-ring (bicyclic) bond motifs is 1. The van der Waals surface area contributed by atoms with E-state index in [1.165, 1.54) is 0 Å². The van der Waals surface area contributed by atoms with Crippen LogP contribution in [0.15, 0.2) is 12.1 Å². The minimum atomic E-state index is -1.15. The fraction of sp³-hybridized carbons (Fsp3) is 0.500. The molecule has 1 amide bonds. The number of alkyl carbamates (subject to hydrolysis) is 1. The van der Waals surface area contributed by atoms with Crippen molar-refractivity contribution in [2.75, 3.05) is 6.61 Å². The van der Waals surface area contributed by atoms with Gasteiger partial charge >= 0.3 is 12.1 Å². The number of rotatable bonds is 4. The summed E-state index contributed by atoms with van der Waals surface area (Å²) in [5.41, 5.74) is 0.912. The average molecular weight is 342 g/mol. The summed E-state index contributed by atoms with van der Waals surface area (Å²) in [5.74, 6) is -0.491. The van der Waals surface area contributed by atoms with Crippen LogP contribution in [0.4, 0.5) is 4.79 Å². The molecule has 1 aliphatic rings. The van der Waals surface area contributed by atoms with Crippen LogP contribution in [-0.4, -0.2) is 35.4 Å². The summed E-state index contributed by atoms with van der Waals surface area (Å²) >= 11 is 6.07. The molecule has 6 nitrogen and oxygen atoms in total. The Bertz CT molecular complexity index is 624. The van der Waals surface area contributed by atoms with Gasteiger partial charge < -0.3 is 19.9 Å². The van der Waals surface area contributed by atoms with Crippen molar-refractivity contribution in [1.29, 1.82) is 0 Å². The molecule has 0 fully saturated rings. The number of carbonyl (C=O) groups excluding carboxylic acids is 1. The molecule has 1 aliphatic heterocycles. The van der Waals surface area contributed by atoms with Crippen molar-refractivity contribution < 1.29 is 24.2 Å². The van der Waals surface area contributed by atoms with Crippen LogP contribution in [0.5, 0.6) is 5.75 Å². The summed E-state index contributed by atoms with van der Waals surface area (Å²) in [6, 6.07) is 2.35. The van der Waals surface area contributed by atoms with Gasteiger partial charge in [-0.3, -0.25) is 0 Å². The molecule has 1 atom stereocenters. The number of amides is 1. The molecule has 1 aromatic carbocycles. The summed E-state index contributed by atoms with van der Waals surface area (Å²) in [6.45, 7) is 5.67. The molecule has 0 aromatic heterocycles. The summed E-state index contributed by atoms with van der Waals surface area (Å²) in [6.07, 6.45) is 0.0296. The number of carbonyl (C=O) groups is 2. The molecular formula is C16H20ClNO5. The van der Waals surface area contributed by atoms with Crippen LogP contribution in [-0.2, 0) is 22.4 Å². The second-order valence-electron chi connectivity index (χ2n) is 6.39. The Morgan fingerprint density at radius 3 is 2.74 bits per heavy atom. The van der Waals surface area contributed by atoms with Crippen LogP contribution in [0.2, 0.25) is 5.02 Å². The first-order chi connectivity index (χ1) is 10.7. The minimum absolute atomic E-state index is 0.0669. The van der Waals surface area contributed by atoms with Gasteiger partial charge in [-0.15, -0.1) is 0 Å². The van der Waals surface area contributed by atoms with E-state index >= 15 is 0 Å². The quantitative estimate of drug-likeness (QED) is 0.879. The smallest absolute Gasteiger partial charge is 0.408 e. The molecule has 7 heteroatoms. The molecule has 0 saturated heterocycles. The highest BCUT2D eigenvalue weighted by atomic mass is 35.5. The van der Waals surface area contributed by atoms with E-state index in [0.717, 1.165) is 12.0 Å². The maximum atomic E-state index is 11.8. The number of carboxylic acids is 1. The Labute approximate surface area is 139 Å². The van der Waals surface area contributed by atoms with E-state index in [0.29, 0.717) is 22.9 Å². The highest BCUT2D eigenvalue weighted by Crippen LogP contribution is 2.33. The summed E-state index contributed by atoms with van der Waals surface area (Å²) in [7, 11) is 0. The maximum absolute atomic E-state index is 11.8. The van der Waals surface area contributed by atoms with Gasteiger partial charge in [0.1, 0.15) is 17.4 Å². The Balaban J connectivity index is 2.15. The van der Waals surface area contributed by atoms with Gasteiger partial charge in [-0.05, 0) is 44.0 Å². The van der Waals surface area contributed by atoms with Gasteiger partial charge in [0.05, 0.1) is 6.61 Å². The number of carboxylic acid groups (broad SMARTS) is 1. The molecule has 0 saturated carbocycles. The summed E-state index contributed by atoms with van der Waals surface area (Å²) in [4.78, 5) is 23.3. The van der Waals surface area contributed by atoms with E-state index in [-0.39, 0.29) is 6.42 Å². The van der Waals surface area contributed by atoms with Crippen molar-refractivity contribution in [3.05, 3.63) is 28.3 Å². The number of ether oxygens (including phenoxy) is 2. The van der Waals surface area contributed by atoms with Gasteiger partial charge in [0, 0.05) is 17.9 Å². The topological polar surface area (TPSA) is 84.9 Å². The van der Waals surface area contributed by atoms with Gasteiger partial charge in [0.2, 0.25) is 0 Å². The third kappa shape index (κ3) is 4.76. The van der Waals surface area contributed by atoms with Crippen LogP contribution in [0.25, 0.3) is 0 Å². The molecule has 0 aliphatic carbocycles. The molecule has 126 valence electrons. The van der Waals surface area contributed by atoms with Crippen molar-refractivity contribution in [1.82, 2.24) is 5.32 Å². The van der Waals surface area contributed by atoms with Crippen LogP contribution in [0.1, 0.15) is 31.9 Å². The number of nitrogens with one attached hydrogen (secondary N) is 1. The number of hydrogen-bond acceptors (Lipinski definition) is 4. The molecule has 0 spiro atoms. The number of benzene rings is 1. The summed E-state index contributed by atoms with van der Waals surface area (Å²) < 4.78 is 10.7. The van der Waals surface area contributed by atoms with E-state index < -0.39 is 23.7 Å². The second kappa shape index (κ2) is 6.66. The van der Waals surface area contributed by atoms with Gasteiger partial charge in [-0.1, -0.05) is 11.6 Å². The molecule has 23 heavy (non-hydrogen) atoms. The first kappa shape index (κ1) is 17.4. The first-order valence-electron chi connectivity index (χ1n) is 7.32. The molecule has 2 rings (SSSR count). The van der Waals surface area contributed by atoms with E-state index in [4.69, 9.17) is 21.1 Å². The fourth-order valence-corrected chi connectivity index (χ4v) is 2.63. The second-order valence-corrected chi connectivity index (χ2v) is 6.83. The van der Waals surface area contributed by atoms with E-state index in [9.17, 15) is 14.7 Å². The highest BCUT2D eigenvalue weighted by molar-refractivity contribution is 6.30. The molecule has 0 radical (unpaired) electrons. The van der Waals surface area contributed by atoms with Gasteiger partial charge in [-0.2, -0.15) is 0 Å². The van der Waals surface area contributed by atoms with Crippen molar-refractivity contribution in [2.45, 2.75) is 45.3 Å². The van der Waals surface area contributed by atoms with E-state index in [1.807, 2.05) is 6.07 Å². The van der Waals surface area contributed by atoms with Crippen LogP contribution in [0, 0.1) is 0 Å². The van der Waals surface area contributed by atoms with Crippen molar-refractivity contribution >= 4 is 23.7 Å². The lowest BCUT2D eigenvalue weighted by molar-refractivity contribution is -0.139. The normalized spacial score (nSPS) is 14.6. The Kier molecular flexibility index (Phi) is 5.04. The molecule has 1 unspecified atom stereocenters. The zero-order valence-corrected chi connectivity index (χ0v) is 14.1. The monoisotopic (exact) mass is 341 g/mol. The summed E-state index contributed by atoms with van der Waals surface area (Å²) in [5, 5.41) is 12.2. The lowest BCUT2D eigenvalue weighted by atomic mass is 10.0. The predicted molar refractivity (Wildman–Crippen MR) is 85.1 cm³/mol. The minimum Gasteiger partial charge on any atom is -0.493 e. The van der Waals surface area contributed by atoms with Gasteiger partial charge in [-0.25, -0.2) is 9.59 Å². The van der Waals surface area contributed by atoms with Crippen molar-refractivity contribution in [3.8, 4) is 5.75 Å². The zero-order chi connectivity index (χ0) is 17.2. The molecule has 1 heterocycles. The molecular weight excluding hydrogens is 322 g/mol. The van der Waals surface area contributed by atoms with Crippen LogP contribution < -0.4 is 10.1 Å². The van der Waals surface area contributed by atoms with Crippen LogP contribution >= 0.6 is 11.6 Å². The van der Waals surface area contributed by atoms with Crippen molar-refractivity contribution in [2.24, 2.45) is 0 Å². The van der Waals surface area contributed by atoms with E-state index in [1.54, 1.807) is 26.8 Å². The first-order valence-corrected chi connectivity index (χ1v) is 7.70. The number of hydrogen-bond donors (Lipinski definition) is 2. The number of aliphatic carboxylic acids is 1. The number of halogens is 1. The highest BCUT2D eigenvalue weighted by Gasteiger charge is 2.27. The Morgan fingerprint density at radius 1 is 1.43 bits per heavy atom. The third-order valence-corrected chi connectivity index (χ3v) is 3.46. The van der Waals surface area contributed by atoms with Crippen LogP contribution in [0.3, 0.4) is 0 Å². The third-order valence-electron chi connectivity index (χ3n) is 3.24. The predicted octanol–water partition coefficient (Wildman–Crippen LogP) is 2.80. The van der Waals surface area contributed by atoms with Gasteiger partial charge in [0.25, 0.3) is 0 Å². The fourth-order valence-electron chi connectivity index (χ4n) is 2.37. The zero-order valence-electron chi connectivity index (χ0n) is 13.3. The van der Waals surface area contributed by atoms with Gasteiger partial charge in [0.15, 0.2) is 0 Å². The molecule has 1 aromatic rings. The average Bonchev–Trinajstić information content (AvgIpc) is 2.83. The van der Waals surface area contributed by atoms with E-state index in [2.05, 4.69) is 5.32 Å². The SMILES string of the molecule is CC(C)(C)OC(=O)NC(Cc1cc(Cl)cc2c1OCC2)C(=O)O. The lowest BCUT2D eigenvalue weighted by Crippen LogP contribution is -2.44. The van der Waals surface area contributed by atoms with Crippen molar-refractivity contribution in [3.63, 3.8) is 0 Å².